The van der Waals surface area contributed by atoms with Gasteiger partial charge in [0.2, 0.25) is 0 Å². The molecule has 0 aliphatic heterocycles. The SMILES string of the molecule is CC(C)Sc1ccc(C(=O)C(C)N)cc1. The molecule has 1 unspecified atom stereocenters. The molecule has 0 saturated carbocycles. The maximum atomic E-state index is 11.5. The highest BCUT2D eigenvalue weighted by atomic mass is 32.2. The van der Waals surface area contributed by atoms with E-state index in [1.807, 2.05) is 24.3 Å². The van der Waals surface area contributed by atoms with Gasteiger partial charge in [-0.1, -0.05) is 26.0 Å². The quantitative estimate of drug-likeness (QED) is 0.630. The third-order valence-corrected chi connectivity index (χ3v) is 2.94. The predicted molar refractivity (Wildman–Crippen MR) is 65.4 cm³/mol. The second kappa shape index (κ2) is 5.33. The van der Waals surface area contributed by atoms with E-state index in [-0.39, 0.29) is 5.78 Å². The van der Waals surface area contributed by atoms with Crippen LogP contribution in [-0.4, -0.2) is 17.1 Å². The van der Waals surface area contributed by atoms with Crippen LogP contribution < -0.4 is 5.73 Å². The molecule has 82 valence electrons. The van der Waals surface area contributed by atoms with Gasteiger partial charge < -0.3 is 5.73 Å². The van der Waals surface area contributed by atoms with Crippen molar-refractivity contribution in [2.24, 2.45) is 5.73 Å². The number of Topliss-reactive ketones (excluding diaryl/α,β-unsaturated/α-hetero) is 1. The summed E-state index contributed by atoms with van der Waals surface area (Å²) in [6.07, 6.45) is 0. The van der Waals surface area contributed by atoms with Gasteiger partial charge in [0.1, 0.15) is 0 Å². The molecular formula is C12H17NOS. The van der Waals surface area contributed by atoms with E-state index in [1.165, 1.54) is 4.90 Å². The lowest BCUT2D eigenvalue weighted by Crippen LogP contribution is -2.26. The minimum atomic E-state index is -0.423. The van der Waals surface area contributed by atoms with Gasteiger partial charge in [-0.3, -0.25) is 4.79 Å². The van der Waals surface area contributed by atoms with Crippen molar-refractivity contribution in [3.8, 4) is 0 Å². The van der Waals surface area contributed by atoms with Crippen LogP contribution in [0.3, 0.4) is 0 Å². The van der Waals surface area contributed by atoms with Gasteiger partial charge in [0, 0.05) is 15.7 Å². The Morgan fingerprint density at radius 2 is 1.73 bits per heavy atom. The van der Waals surface area contributed by atoms with Crippen LogP contribution in [0.25, 0.3) is 0 Å². The van der Waals surface area contributed by atoms with Crippen LogP contribution >= 0.6 is 11.8 Å². The molecule has 2 nitrogen and oxygen atoms in total. The van der Waals surface area contributed by atoms with Crippen LogP contribution in [0.1, 0.15) is 31.1 Å². The fraction of sp³-hybridized carbons (Fsp3) is 0.417. The lowest BCUT2D eigenvalue weighted by molar-refractivity contribution is 0.0968. The van der Waals surface area contributed by atoms with E-state index in [4.69, 9.17) is 5.73 Å². The molecule has 0 spiro atoms. The Morgan fingerprint density at radius 1 is 1.20 bits per heavy atom. The Bertz CT molecular complexity index is 330. The van der Waals surface area contributed by atoms with Crippen LogP contribution in [0.4, 0.5) is 0 Å². The number of thioether (sulfide) groups is 1. The molecule has 0 saturated heterocycles. The van der Waals surface area contributed by atoms with Gasteiger partial charge in [0.05, 0.1) is 6.04 Å². The van der Waals surface area contributed by atoms with Crippen molar-refractivity contribution < 1.29 is 4.79 Å². The highest BCUT2D eigenvalue weighted by Crippen LogP contribution is 2.23. The summed E-state index contributed by atoms with van der Waals surface area (Å²) in [6, 6.07) is 7.21. The van der Waals surface area contributed by atoms with Gasteiger partial charge in [0.25, 0.3) is 0 Å². The van der Waals surface area contributed by atoms with Crippen LogP contribution in [0.15, 0.2) is 29.2 Å². The molecule has 0 heterocycles. The molecule has 1 aromatic rings. The van der Waals surface area contributed by atoms with Crippen molar-refractivity contribution in [1.29, 1.82) is 0 Å². The molecule has 1 rings (SSSR count). The average Bonchev–Trinajstić information content (AvgIpc) is 2.17. The lowest BCUT2D eigenvalue weighted by atomic mass is 10.1. The fourth-order valence-electron chi connectivity index (χ4n) is 1.23. The largest absolute Gasteiger partial charge is 0.321 e. The standard InChI is InChI=1S/C12H17NOS/c1-8(2)15-11-6-4-10(5-7-11)12(14)9(3)13/h4-9H,13H2,1-3H3. The van der Waals surface area contributed by atoms with Gasteiger partial charge in [-0.15, -0.1) is 11.8 Å². The van der Waals surface area contributed by atoms with Gasteiger partial charge in [-0.25, -0.2) is 0 Å². The monoisotopic (exact) mass is 223 g/mol. The summed E-state index contributed by atoms with van der Waals surface area (Å²) in [4.78, 5) is 12.7. The zero-order chi connectivity index (χ0) is 11.4. The zero-order valence-corrected chi connectivity index (χ0v) is 10.2. The zero-order valence-electron chi connectivity index (χ0n) is 9.36. The van der Waals surface area contributed by atoms with Crippen molar-refractivity contribution in [2.75, 3.05) is 0 Å². The summed E-state index contributed by atoms with van der Waals surface area (Å²) >= 11 is 1.78. The summed E-state index contributed by atoms with van der Waals surface area (Å²) in [6.45, 7) is 6.00. The van der Waals surface area contributed by atoms with Crippen molar-refractivity contribution in [1.82, 2.24) is 0 Å². The topological polar surface area (TPSA) is 43.1 Å². The number of rotatable bonds is 4. The van der Waals surface area contributed by atoms with Gasteiger partial charge in [-0.2, -0.15) is 0 Å². The van der Waals surface area contributed by atoms with E-state index >= 15 is 0 Å². The summed E-state index contributed by atoms with van der Waals surface area (Å²) in [5, 5.41) is 0.556. The molecule has 0 radical (unpaired) electrons. The van der Waals surface area contributed by atoms with Crippen LogP contribution in [0, 0.1) is 0 Å². The van der Waals surface area contributed by atoms with E-state index in [9.17, 15) is 4.79 Å². The smallest absolute Gasteiger partial charge is 0.179 e. The summed E-state index contributed by atoms with van der Waals surface area (Å²) in [7, 11) is 0. The number of carbonyl (C=O) groups is 1. The van der Waals surface area contributed by atoms with Crippen molar-refractivity contribution in [2.45, 2.75) is 37.0 Å². The molecule has 0 aromatic heterocycles. The molecule has 2 N–H and O–H groups in total. The second-order valence-corrected chi connectivity index (χ2v) is 5.49. The van der Waals surface area contributed by atoms with E-state index in [0.717, 1.165) is 0 Å². The second-order valence-electron chi connectivity index (χ2n) is 3.84. The van der Waals surface area contributed by atoms with E-state index in [1.54, 1.807) is 18.7 Å². The summed E-state index contributed by atoms with van der Waals surface area (Å²) < 4.78 is 0. The van der Waals surface area contributed by atoms with Crippen molar-refractivity contribution in [3.63, 3.8) is 0 Å². The normalized spacial score (nSPS) is 12.9. The molecule has 1 atom stereocenters. The summed E-state index contributed by atoms with van der Waals surface area (Å²) in [5.41, 5.74) is 6.22. The first-order valence-electron chi connectivity index (χ1n) is 5.07. The first-order valence-corrected chi connectivity index (χ1v) is 5.95. The first-order chi connectivity index (χ1) is 7.00. The fourth-order valence-corrected chi connectivity index (χ4v) is 2.07. The predicted octanol–water partition coefficient (Wildman–Crippen LogP) is 2.72. The maximum Gasteiger partial charge on any atom is 0.179 e. The van der Waals surface area contributed by atoms with Crippen molar-refractivity contribution >= 4 is 17.5 Å². The highest BCUT2D eigenvalue weighted by Gasteiger charge is 2.10. The first kappa shape index (κ1) is 12.3. The van der Waals surface area contributed by atoms with E-state index in [0.29, 0.717) is 10.8 Å². The molecule has 0 aliphatic carbocycles. The maximum absolute atomic E-state index is 11.5. The Balaban J connectivity index is 2.76. The number of carbonyl (C=O) groups excluding carboxylic acids is 1. The third-order valence-electron chi connectivity index (χ3n) is 1.92. The number of hydrogen-bond acceptors (Lipinski definition) is 3. The lowest BCUT2D eigenvalue weighted by Gasteiger charge is -2.07. The molecule has 1 aromatic carbocycles. The average molecular weight is 223 g/mol. The van der Waals surface area contributed by atoms with Gasteiger partial charge in [0.15, 0.2) is 5.78 Å². The van der Waals surface area contributed by atoms with Crippen LogP contribution in [-0.2, 0) is 0 Å². The molecule has 0 bridgehead atoms. The molecule has 3 heteroatoms. The molecule has 15 heavy (non-hydrogen) atoms. The number of ketones is 1. The minimum absolute atomic E-state index is 0.00361. The Hall–Kier alpha value is -0.800. The Labute approximate surface area is 95.2 Å². The number of hydrogen-bond donors (Lipinski definition) is 1. The molecule has 0 fully saturated rings. The van der Waals surface area contributed by atoms with E-state index < -0.39 is 6.04 Å². The third kappa shape index (κ3) is 3.68. The van der Waals surface area contributed by atoms with Crippen LogP contribution in [0.2, 0.25) is 0 Å². The Morgan fingerprint density at radius 3 is 2.13 bits per heavy atom. The summed E-state index contributed by atoms with van der Waals surface area (Å²) in [5.74, 6) is -0.00361. The van der Waals surface area contributed by atoms with Crippen LogP contribution in [0.5, 0.6) is 0 Å². The minimum Gasteiger partial charge on any atom is -0.321 e. The van der Waals surface area contributed by atoms with E-state index in [2.05, 4.69) is 13.8 Å². The molecular weight excluding hydrogens is 206 g/mol. The Kier molecular flexibility index (Phi) is 4.36. The number of benzene rings is 1. The molecule has 0 aliphatic rings. The number of nitrogens with two attached hydrogens (primary N) is 1. The highest BCUT2D eigenvalue weighted by molar-refractivity contribution is 7.99. The van der Waals surface area contributed by atoms with Gasteiger partial charge in [-0.05, 0) is 19.1 Å². The van der Waals surface area contributed by atoms with Gasteiger partial charge >= 0.3 is 0 Å². The molecule has 0 amide bonds. The van der Waals surface area contributed by atoms with Crippen molar-refractivity contribution in [3.05, 3.63) is 29.8 Å².